The fraction of sp³-hybridized carbons (Fsp3) is 0.0909. The van der Waals surface area contributed by atoms with Crippen LogP contribution >= 0.6 is 11.6 Å². The zero-order valence-corrected chi connectivity index (χ0v) is 9.27. The zero-order chi connectivity index (χ0) is 11.7. The highest BCUT2D eigenvalue weighted by Crippen LogP contribution is 2.17. The molecule has 1 heterocycles. The predicted molar refractivity (Wildman–Crippen MR) is 60.3 cm³/mol. The molecular formula is C11H9ClN2O2. The Balaban J connectivity index is 2.58. The number of aromatic nitrogens is 2. The molecule has 82 valence electrons. The number of halogens is 1. The van der Waals surface area contributed by atoms with E-state index in [1.54, 1.807) is 35.8 Å². The second kappa shape index (κ2) is 3.98. The van der Waals surface area contributed by atoms with Gasteiger partial charge in [0.2, 0.25) is 5.82 Å². The van der Waals surface area contributed by atoms with Crippen molar-refractivity contribution in [2.75, 3.05) is 0 Å². The van der Waals surface area contributed by atoms with E-state index < -0.39 is 5.97 Å². The number of imidazole rings is 1. The number of hydrogen-bond donors (Lipinski definition) is 1. The summed E-state index contributed by atoms with van der Waals surface area (Å²) in [4.78, 5) is 14.8. The first-order valence-corrected chi connectivity index (χ1v) is 5.01. The molecule has 2 aromatic rings. The molecule has 0 fully saturated rings. The molecule has 0 spiro atoms. The summed E-state index contributed by atoms with van der Waals surface area (Å²) >= 11 is 5.77. The van der Waals surface area contributed by atoms with Crippen molar-refractivity contribution in [3.63, 3.8) is 0 Å². The van der Waals surface area contributed by atoms with Crippen LogP contribution in [0.4, 0.5) is 0 Å². The molecule has 0 atom stereocenters. The molecule has 1 aromatic carbocycles. The van der Waals surface area contributed by atoms with Gasteiger partial charge in [-0.2, -0.15) is 0 Å². The van der Waals surface area contributed by atoms with E-state index in [0.29, 0.717) is 5.02 Å². The maximum atomic E-state index is 11.0. The molecule has 0 aliphatic rings. The first kappa shape index (κ1) is 10.7. The van der Waals surface area contributed by atoms with E-state index in [4.69, 9.17) is 16.7 Å². The summed E-state index contributed by atoms with van der Waals surface area (Å²) in [7, 11) is 0. The van der Waals surface area contributed by atoms with Crippen molar-refractivity contribution in [2.24, 2.45) is 0 Å². The van der Waals surface area contributed by atoms with Crippen LogP contribution in [0, 0.1) is 6.92 Å². The Hall–Kier alpha value is -1.81. The quantitative estimate of drug-likeness (QED) is 0.872. The topological polar surface area (TPSA) is 55.1 Å². The number of carbonyl (C=O) groups is 1. The van der Waals surface area contributed by atoms with Gasteiger partial charge in [-0.05, 0) is 31.2 Å². The van der Waals surface area contributed by atoms with Crippen molar-refractivity contribution in [2.45, 2.75) is 6.92 Å². The van der Waals surface area contributed by atoms with Gasteiger partial charge < -0.3 is 5.11 Å². The van der Waals surface area contributed by atoms with Crippen molar-refractivity contribution in [1.29, 1.82) is 0 Å². The average molecular weight is 237 g/mol. The van der Waals surface area contributed by atoms with Crippen molar-refractivity contribution in [1.82, 2.24) is 9.55 Å². The van der Waals surface area contributed by atoms with Crippen LogP contribution in [0.3, 0.4) is 0 Å². The van der Waals surface area contributed by atoms with Gasteiger partial charge in [-0.25, -0.2) is 9.78 Å². The molecular weight excluding hydrogens is 228 g/mol. The number of rotatable bonds is 2. The molecule has 1 aromatic heterocycles. The van der Waals surface area contributed by atoms with Crippen molar-refractivity contribution in [3.05, 3.63) is 47.0 Å². The molecule has 0 saturated carbocycles. The van der Waals surface area contributed by atoms with E-state index >= 15 is 0 Å². The third-order valence-electron chi connectivity index (χ3n) is 2.21. The van der Waals surface area contributed by atoms with Crippen LogP contribution in [0.15, 0.2) is 30.5 Å². The Bertz CT molecular complexity index is 531. The molecule has 0 aliphatic heterocycles. The number of nitrogens with zero attached hydrogens (tertiary/aromatic N) is 2. The van der Waals surface area contributed by atoms with Gasteiger partial charge in [0.15, 0.2) is 0 Å². The summed E-state index contributed by atoms with van der Waals surface area (Å²) in [6.45, 7) is 1.80. The number of carboxylic acids is 1. The van der Waals surface area contributed by atoms with Crippen LogP contribution in [-0.2, 0) is 0 Å². The molecule has 0 bridgehead atoms. The standard InChI is InChI=1S/C11H9ClN2O2/c1-7-6-13-10(11(15)16)14(7)9-4-2-8(12)3-5-9/h2-6H,1H3,(H,15,16). The van der Waals surface area contributed by atoms with Gasteiger partial charge in [0, 0.05) is 22.6 Å². The highest BCUT2D eigenvalue weighted by Gasteiger charge is 2.14. The van der Waals surface area contributed by atoms with Crippen molar-refractivity contribution < 1.29 is 9.90 Å². The number of aryl methyl sites for hydroxylation is 1. The van der Waals surface area contributed by atoms with Crippen LogP contribution in [-0.4, -0.2) is 20.6 Å². The van der Waals surface area contributed by atoms with Gasteiger partial charge in [0.05, 0.1) is 0 Å². The lowest BCUT2D eigenvalue weighted by atomic mass is 10.3. The molecule has 0 radical (unpaired) electrons. The summed E-state index contributed by atoms with van der Waals surface area (Å²) < 4.78 is 1.57. The third kappa shape index (κ3) is 1.79. The minimum Gasteiger partial charge on any atom is -0.475 e. The summed E-state index contributed by atoms with van der Waals surface area (Å²) in [5.41, 5.74) is 1.50. The van der Waals surface area contributed by atoms with Crippen LogP contribution in [0.5, 0.6) is 0 Å². The fourth-order valence-corrected chi connectivity index (χ4v) is 1.63. The first-order chi connectivity index (χ1) is 7.59. The van der Waals surface area contributed by atoms with E-state index in [-0.39, 0.29) is 5.82 Å². The minimum atomic E-state index is -1.05. The smallest absolute Gasteiger partial charge is 0.372 e. The Kier molecular flexibility index (Phi) is 2.66. The molecule has 2 rings (SSSR count). The minimum absolute atomic E-state index is 0.000164. The van der Waals surface area contributed by atoms with Crippen LogP contribution in [0.25, 0.3) is 5.69 Å². The number of benzene rings is 1. The van der Waals surface area contributed by atoms with E-state index in [2.05, 4.69) is 4.98 Å². The maximum Gasteiger partial charge on any atom is 0.372 e. The van der Waals surface area contributed by atoms with Crippen molar-refractivity contribution in [3.8, 4) is 5.69 Å². The summed E-state index contributed by atoms with van der Waals surface area (Å²) in [5, 5.41) is 9.60. The average Bonchev–Trinajstić information content (AvgIpc) is 2.62. The van der Waals surface area contributed by atoms with Gasteiger partial charge in [0.25, 0.3) is 0 Å². The molecule has 0 amide bonds. The lowest BCUT2D eigenvalue weighted by Gasteiger charge is -2.07. The number of aromatic carboxylic acids is 1. The highest BCUT2D eigenvalue weighted by atomic mass is 35.5. The largest absolute Gasteiger partial charge is 0.475 e. The molecule has 0 unspecified atom stereocenters. The lowest BCUT2D eigenvalue weighted by molar-refractivity contribution is 0.0681. The van der Waals surface area contributed by atoms with Gasteiger partial charge >= 0.3 is 5.97 Å². The molecule has 16 heavy (non-hydrogen) atoms. The Morgan fingerprint density at radius 2 is 2.00 bits per heavy atom. The lowest BCUT2D eigenvalue weighted by Crippen LogP contribution is -2.09. The molecule has 4 nitrogen and oxygen atoms in total. The van der Waals surface area contributed by atoms with E-state index in [0.717, 1.165) is 11.4 Å². The molecule has 0 aliphatic carbocycles. The van der Waals surface area contributed by atoms with Crippen molar-refractivity contribution >= 4 is 17.6 Å². The second-order valence-corrected chi connectivity index (χ2v) is 3.78. The Morgan fingerprint density at radius 1 is 1.38 bits per heavy atom. The SMILES string of the molecule is Cc1cnc(C(=O)O)n1-c1ccc(Cl)cc1. The Morgan fingerprint density at radius 3 is 2.56 bits per heavy atom. The monoisotopic (exact) mass is 236 g/mol. The fourth-order valence-electron chi connectivity index (χ4n) is 1.50. The third-order valence-corrected chi connectivity index (χ3v) is 2.47. The van der Waals surface area contributed by atoms with Crippen LogP contribution in [0.1, 0.15) is 16.3 Å². The molecule has 5 heteroatoms. The molecule has 1 N–H and O–H groups in total. The highest BCUT2D eigenvalue weighted by molar-refractivity contribution is 6.30. The summed E-state index contributed by atoms with van der Waals surface area (Å²) in [6.07, 6.45) is 1.53. The van der Waals surface area contributed by atoms with Crippen LogP contribution < -0.4 is 0 Å². The number of carboxylic acid groups (broad SMARTS) is 1. The second-order valence-electron chi connectivity index (χ2n) is 3.34. The summed E-state index contributed by atoms with van der Waals surface area (Å²) in [5.74, 6) is -1.05. The van der Waals surface area contributed by atoms with Crippen LogP contribution in [0.2, 0.25) is 5.02 Å². The molecule has 0 saturated heterocycles. The van der Waals surface area contributed by atoms with Gasteiger partial charge in [0.1, 0.15) is 0 Å². The van der Waals surface area contributed by atoms with Gasteiger partial charge in [-0.15, -0.1) is 0 Å². The van der Waals surface area contributed by atoms with E-state index in [1.807, 2.05) is 0 Å². The number of hydrogen-bond acceptors (Lipinski definition) is 2. The normalized spacial score (nSPS) is 10.4. The van der Waals surface area contributed by atoms with Gasteiger partial charge in [-0.3, -0.25) is 4.57 Å². The maximum absolute atomic E-state index is 11.0. The first-order valence-electron chi connectivity index (χ1n) is 4.63. The van der Waals surface area contributed by atoms with Gasteiger partial charge in [-0.1, -0.05) is 11.6 Å². The predicted octanol–water partition coefficient (Wildman–Crippen LogP) is 2.53. The summed E-state index contributed by atoms with van der Waals surface area (Å²) in [6, 6.07) is 6.93. The van der Waals surface area contributed by atoms with E-state index in [1.165, 1.54) is 6.20 Å². The zero-order valence-electron chi connectivity index (χ0n) is 8.51. The Labute approximate surface area is 97.1 Å². The van der Waals surface area contributed by atoms with E-state index in [9.17, 15) is 4.79 Å².